The maximum Gasteiger partial charge on any atom is 0.168 e. The summed E-state index contributed by atoms with van der Waals surface area (Å²) in [6.45, 7) is 0. The SMILES string of the molecule is N#C/C=C/c1ccc(Nc2nc(Cl)ccc2F)cc1. The van der Waals surface area contributed by atoms with Crippen molar-refractivity contribution in [1.29, 1.82) is 5.26 Å². The first-order valence-corrected chi connectivity index (χ1v) is 5.82. The van der Waals surface area contributed by atoms with Gasteiger partial charge >= 0.3 is 0 Å². The molecule has 2 rings (SSSR count). The van der Waals surface area contributed by atoms with E-state index < -0.39 is 5.82 Å². The monoisotopic (exact) mass is 273 g/mol. The quantitative estimate of drug-likeness (QED) is 0.675. The van der Waals surface area contributed by atoms with Gasteiger partial charge in [-0.1, -0.05) is 23.7 Å². The van der Waals surface area contributed by atoms with E-state index in [4.69, 9.17) is 16.9 Å². The number of nitriles is 1. The molecular formula is C14H9ClFN3. The van der Waals surface area contributed by atoms with Gasteiger partial charge in [-0.2, -0.15) is 5.26 Å². The summed E-state index contributed by atoms with van der Waals surface area (Å²) in [4.78, 5) is 3.86. The zero-order valence-electron chi connectivity index (χ0n) is 9.77. The van der Waals surface area contributed by atoms with Gasteiger partial charge in [-0.25, -0.2) is 9.37 Å². The lowest BCUT2D eigenvalue weighted by Gasteiger charge is -2.07. The number of pyridine rings is 1. The number of allylic oxidation sites excluding steroid dienone is 1. The number of nitrogens with zero attached hydrogens (tertiary/aromatic N) is 2. The molecule has 0 saturated carbocycles. The van der Waals surface area contributed by atoms with E-state index in [0.29, 0.717) is 5.69 Å². The van der Waals surface area contributed by atoms with Crippen molar-refractivity contribution in [2.24, 2.45) is 0 Å². The maximum atomic E-state index is 13.5. The van der Waals surface area contributed by atoms with E-state index in [9.17, 15) is 4.39 Å². The van der Waals surface area contributed by atoms with Crippen LogP contribution in [0.4, 0.5) is 15.9 Å². The third kappa shape index (κ3) is 3.54. The van der Waals surface area contributed by atoms with Crippen molar-refractivity contribution in [2.75, 3.05) is 5.32 Å². The summed E-state index contributed by atoms with van der Waals surface area (Å²) in [6.07, 6.45) is 3.07. The molecular weight excluding hydrogens is 265 g/mol. The molecule has 1 aromatic carbocycles. The summed E-state index contributed by atoms with van der Waals surface area (Å²) < 4.78 is 13.5. The van der Waals surface area contributed by atoms with Crippen molar-refractivity contribution < 1.29 is 4.39 Å². The molecule has 0 aliphatic carbocycles. The second-order valence-electron chi connectivity index (χ2n) is 3.67. The molecule has 1 heterocycles. The summed E-state index contributed by atoms with van der Waals surface area (Å²) in [7, 11) is 0. The lowest BCUT2D eigenvalue weighted by atomic mass is 10.2. The highest BCUT2D eigenvalue weighted by Gasteiger charge is 2.04. The Labute approximate surface area is 115 Å². The van der Waals surface area contributed by atoms with E-state index in [1.165, 1.54) is 18.2 Å². The summed E-state index contributed by atoms with van der Waals surface area (Å²) in [5.74, 6) is -0.398. The van der Waals surface area contributed by atoms with Crippen LogP contribution in [0.25, 0.3) is 6.08 Å². The van der Waals surface area contributed by atoms with Gasteiger partial charge in [0, 0.05) is 11.8 Å². The number of rotatable bonds is 3. The normalized spacial score (nSPS) is 10.4. The number of hydrogen-bond donors (Lipinski definition) is 1. The Morgan fingerprint density at radius 1 is 1.21 bits per heavy atom. The smallest absolute Gasteiger partial charge is 0.168 e. The van der Waals surface area contributed by atoms with Crippen LogP contribution in [-0.2, 0) is 0 Å². The van der Waals surface area contributed by atoms with Crippen LogP contribution in [0.2, 0.25) is 5.15 Å². The van der Waals surface area contributed by atoms with Crippen molar-refractivity contribution in [2.45, 2.75) is 0 Å². The first kappa shape index (κ1) is 13.1. The predicted octanol–water partition coefficient (Wildman–Crippen LogP) is 4.15. The lowest BCUT2D eigenvalue weighted by Crippen LogP contribution is -1.97. The molecule has 5 heteroatoms. The summed E-state index contributed by atoms with van der Waals surface area (Å²) in [5.41, 5.74) is 1.56. The molecule has 1 aromatic heterocycles. The fourth-order valence-corrected chi connectivity index (χ4v) is 1.60. The predicted molar refractivity (Wildman–Crippen MR) is 73.6 cm³/mol. The minimum atomic E-state index is -0.474. The first-order chi connectivity index (χ1) is 9.19. The zero-order valence-corrected chi connectivity index (χ0v) is 10.5. The highest BCUT2D eigenvalue weighted by molar-refractivity contribution is 6.29. The third-order valence-corrected chi connectivity index (χ3v) is 2.55. The molecule has 0 radical (unpaired) electrons. The average molecular weight is 274 g/mol. The van der Waals surface area contributed by atoms with Crippen molar-refractivity contribution in [3.63, 3.8) is 0 Å². The van der Waals surface area contributed by atoms with Crippen molar-refractivity contribution in [1.82, 2.24) is 4.98 Å². The van der Waals surface area contributed by atoms with Crippen LogP contribution in [0.3, 0.4) is 0 Å². The van der Waals surface area contributed by atoms with Gasteiger partial charge in [-0.15, -0.1) is 0 Å². The topological polar surface area (TPSA) is 48.7 Å². The molecule has 19 heavy (non-hydrogen) atoms. The van der Waals surface area contributed by atoms with Gasteiger partial charge in [0.05, 0.1) is 6.07 Å². The summed E-state index contributed by atoms with van der Waals surface area (Å²) in [6, 6.07) is 11.7. The number of nitrogens with one attached hydrogen (secondary N) is 1. The number of halogens is 2. The second kappa shape index (κ2) is 5.98. The van der Waals surface area contributed by atoms with Crippen LogP contribution >= 0.6 is 11.6 Å². The fraction of sp³-hybridized carbons (Fsp3) is 0. The molecule has 0 amide bonds. The van der Waals surface area contributed by atoms with Crippen LogP contribution in [0.5, 0.6) is 0 Å². The van der Waals surface area contributed by atoms with Crippen LogP contribution in [0.1, 0.15) is 5.56 Å². The van der Waals surface area contributed by atoms with Gasteiger partial charge < -0.3 is 5.32 Å². The third-order valence-electron chi connectivity index (χ3n) is 2.34. The lowest BCUT2D eigenvalue weighted by molar-refractivity contribution is 0.626. The van der Waals surface area contributed by atoms with Crippen LogP contribution < -0.4 is 5.32 Å². The fourth-order valence-electron chi connectivity index (χ4n) is 1.45. The second-order valence-corrected chi connectivity index (χ2v) is 4.06. The van der Waals surface area contributed by atoms with Gasteiger partial charge in [0.2, 0.25) is 0 Å². The molecule has 1 N–H and O–H groups in total. The zero-order chi connectivity index (χ0) is 13.7. The molecule has 0 fully saturated rings. The van der Waals surface area contributed by atoms with Gasteiger partial charge in [-0.3, -0.25) is 0 Å². The molecule has 0 aliphatic rings. The standard InChI is InChI=1S/C14H9ClFN3/c15-13-8-7-12(16)14(19-13)18-11-5-3-10(4-6-11)2-1-9-17/h1-8H,(H,18,19)/b2-1+. The molecule has 3 nitrogen and oxygen atoms in total. The largest absolute Gasteiger partial charge is 0.338 e. The van der Waals surface area contributed by atoms with E-state index in [1.807, 2.05) is 6.07 Å². The average Bonchev–Trinajstić information content (AvgIpc) is 2.42. The summed E-state index contributed by atoms with van der Waals surface area (Å²) >= 11 is 5.71. The Kier molecular flexibility index (Phi) is 4.11. The van der Waals surface area contributed by atoms with Crippen molar-refractivity contribution >= 4 is 29.2 Å². The first-order valence-electron chi connectivity index (χ1n) is 5.44. The van der Waals surface area contributed by atoms with E-state index in [2.05, 4.69) is 10.3 Å². The Hall–Kier alpha value is -2.38. The van der Waals surface area contributed by atoms with Crippen LogP contribution in [0, 0.1) is 17.1 Å². The highest BCUT2D eigenvalue weighted by Crippen LogP contribution is 2.20. The molecule has 0 saturated heterocycles. The minimum absolute atomic E-state index is 0.0767. The number of anilines is 2. The van der Waals surface area contributed by atoms with Crippen molar-refractivity contribution in [3.8, 4) is 6.07 Å². The minimum Gasteiger partial charge on any atom is -0.338 e. The maximum absolute atomic E-state index is 13.5. The Morgan fingerprint density at radius 3 is 2.63 bits per heavy atom. The van der Waals surface area contributed by atoms with Gasteiger partial charge in [0.25, 0.3) is 0 Å². The van der Waals surface area contributed by atoms with Gasteiger partial charge in [-0.05, 0) is 35.9 Å². The van der Waals surface area contributed by atoms with E-state index in [-0.39, 0.29) is 11.0 Å². The van der Waals surface area contributed by atoms with E-state index in [1.54, 1.807) is 30.3 Å². The number of aromatic nitrogens is 1. The Bertz CT molecular complexity index is 645. The van der Waals surface area contributed by atoms with Crippen LogP contribution in [-0.4, -0.2) is 4.98 Å². The number of hydrogen-bond acceptors (Lipinski definition) is 3. The summed E-state index contributed by atoms with van der Waals surface area (Å²) in [5, 5.41) is 11.5. The van der Waals surface area contributed by atoms with Crippen molar-refractivity contribution in [3.05, 3.63) is 59.0 Å². The molecule has 2 aromatic rings. The Morgan fingerprint density at radius 2 is 1.95 bits per heavy atom. The Balaban J connectivity index is 2.18. The highest BCUT2D eigenvalue weighted by atomic mass is 35.5. The molecule has 94 valence electrons. The molecule has 0 aliphatic heterocycles. The van der Waals surface area contributed by atoms with Crippen LogP contribution in [0.15, 0.2) is 42.5 Å². The van der Waals surface area contributed by atoms with Gasteiger partial charge in [0.15, 0.2) is 11.6 Å². The number of benzene rings is 1. The van der Waals surface area contributed by atoms with E-state index >= 15 is 0 Å². The van der Waals surface area contributed by atoms with Gasteiger partial charge in [0.1, 0.15) is 5.15 Å². The van der Waals surface area contributed by atoms with E-state index in [0.717, 1.165) is 5.56 Å². The molecule has 0 bridgehead atoms. The molecule has 0 atom stereocenters. The molecule has 0 spiro atoms. The molecule has 0 unspecified atom stereocenters.